The molecular weight excluding hydrogens is 432 g/mol. The lowest BCUT2D eigenvalue weighted by Crippen LogP contribution is -2.44. The maximum Gasteiger partial charge on any atom is 0.277 e. The summed E-state index contributed by atoms with van der Waals surface area (Å²) >= 11 is 0. The number of carbonyl (C=O) groups is 2. The Hall–Kier alpha value is -0.400. The molecule has 2 bridgehead atoms. The Morgan fingerprint density at radius 1 is 1.03 bits per heavy atom. The van der Waals surface area contributed by atoms with Gasteiger partial charge in [0, 0.05) is 22.8 Å². The van der Waals surface area contributed by atoms with Gasteiger partial charge in [-0.2, -0.15) is 8.42 Å². The molecule has 0 radical (unpaired) electrons. The maximum atomic E-state index is 13.5. The fourth-order valence-corrected chi connectivity index (χ4v) is 13.4. The first-order chi connectivity index (χ1) is 14.3. The van der Waals surface area contributed by atoms with Gasteiger partial charge in [0.2, 0.25) is 0 Å². The van der Waals surface area contributed by atoms with Gasteiger partial charge in [-0.15, -0.1) is 10.3 Å². The van der Waals surface area contributed by atoms with E-state index in [0.717, 1.165) is 32.1 Å². The van der Waals surface area contributed by atoms with Gasteiger partial charge < -0.3 is 0 Å². The second-order valence-electron chi connectivity index (χ2n) is 11.3. The van der Waals surface area contributed by atoms with E-state index < -0.39 is 25.8 Å². The summed E-state index contributed by atoms with van der Waals surface area (Å²) < 4.78 is 33.2. The fraction of sp³-hybridized carbons (Fsp3) is 0.917. The lowest BCUT2D eigenvalue weighted by molar-refractivity contribution is -0.128. The zero-order chi connectivity index (χ0) is 23.2. The van der Waals surface area contributed by atoms with Crippen LogP contribution in [0.3, 0.4) is 0 Å². The zero-order valence-corrected chi connectivity index (χ0v) is 21.9. The Bertz CT molecular complexity index is 800. The van der Waals surface area contributed by atoms with Crippen molar-refractivity contribution in [3.05, 3.63) is 0 Å². The van der Waals surface area contributed by atoms with Gasteiger partial charge in [-0.3, -0.25) is 9.59 Å². The van der Waals surface area contributed by atoms with Crippen LogP contribution in [-0.4, -0.2) is 42.0 Å². The monoisotopic (exact) mass is 474 g/mol. The molecule has 180 valence electrons. The minimum Gasteiger partial charge on any atom is -0.299 e. The molecule has 31 heavy (non-hydrogen) atoms. The van der Waals surface area contributed by atoms with E-state index in [2.05, 4.69) is 0 Å². The highest BCUT2D eigenvalue weighted by molar-refractivity contribution is 8.34. The van der Waals surface area contributed by atoms with E-state index in [-0.39, 0.29) is 50.8 Å². The summed E-state index contributed by atoms with van der Waals surface area (Å²) in [4.78, 5) is 26.1. The highest BCUT2D eigenvalue weighted by atomic mass is 32.3. The van der Waals surface area contributed by atoms with E-state index in [0.29, 0.717) is 12.8 Å². The lowest BCUT2D eigenvalue weighted by Gasteiger charge is -2.46. The van der Waals surface area contributed by atoms with Crippen LogP contribution in [0.25, 0.3) is 0 Å². The molecule has 0 spiro atoms. The van der Waals surface area contributed by atoms with E-state index in [1.807, 2.05) is 41.5 Å². The van der Waals surface area contributed by atoms with Gasteiger partial charge >= 0.3 is 0 Å². The summed E-state index contributed by atoms with van der Waals surface area (Å²) in [5.74, 6) is 0.509. The Morgan fingerprint density at radius 3 is 2.06 bits per heavy atom. The normalized spacial score (nSPS) is 29.8. The summed E-state index contributed by atoms with van der Waals surface area (Å²) in [6.07, 6.45) is 7.14. The van der Waals surface area contributed by atoms with Crippen LogP contribution in [0.2, 0.25) is 0 Å². The molecule has 0 heterocycles. The van der Waals surface area contributed by atoms with E-state index in [9.17, 15) is 18.0 Å². The van der Waals surface area contributed by atoms with Crippen LogP contribution in [0.1, 0.15) is 92.9 Å². The van der Waals surface area contributed by atoms with Crippen LogP contribution in [-0.2, 0) is 23.3 Å². The second kappa shape index (κ2) is 8.75. The third-order valence-corrected chi connectivity index (χ3v) is 15.4. The summed E-state index contributed by atoms with van der Waals surface area (Å²) in [5.41, 5.74) is -1.17. The second-order valence-corrected chi connectivity index (χ2v) is 16.9. The Morgan fingerprint density at radius 2 is 1.61 bits per heavy atom. The Balaban J connectivity index is 1.86. The van der Waals surface area contributed by atoms with Gasteiger partial charge in [-0.1, -0.05) is 60.8 Å². The van der Waals surface area contributed by atoms with Crippen molar-refractivity contribution in [2.45, 2.75) is 103 Å². The smallest absolute Gasteiger partial charge is 0.277 e. The van der Waals surface area contributed by atoms with Gasteiger partial charge in [0.05, 0.1) is 16.9 Å². The molecule has 2 atom stereocenters. The predicted molar refractivity (Wildman–Crippen MR) is 128 cm³/mol. The van der Waals surface area contributed by atoms with E-state index in [1.54, 1.807) is 0 Å². The van der Waals surface area contributed by atoms with Gasteiger partial charge in [0.1, 0.15) is 11.6 Å². The number of hydrogen-bond donors (Lipinski definition) is 0. The first kappa shape index (κ1) is 25.2. The van der Waals surface area contributed by atoms with Crippen molar-refractivity contribution < 1.29 is 21.6 Å². The first-order valence-electron chi connectivity index (χ1n) is 12.1. The van der Waals surface area contributed by atoms with E-state index in [1.165, 1.54) is 6.42 Å². The Kier molecular flexibility index (Phi) is 7.12. The average Bonchev–Trinajstić information content (AvgIpc) is 3.01. The number of fused-ring (bicyclic) bond motifs is 2. The molecule has 0 aliphatic heterocycles. The van der Waals surface area contributed by atoms with Crippen molar-refractivity contribution in [2.24, 2.45) is 22.7 Å². The molecule has 3 fully saturated rings. The molecule has 3 aliphatic carbocycles. The lowest BCUT2D eigenvalue weighted by atomic mass is 9.70. The quantitative estimate of drug-likeness (QED) is 0.446. The van der Waals surface area contributed by atoms with E-state index in [4.69, 9.17) is 3.63 Å². The average molecular weight is 475 g/mol. The topological polar surface area (TPSA) is 77.5 Å². The molecular formula is C24H42O5S2. The van der Waals surface area contributed by atoms with Crippen LogP contribution >= 0.6 is 10.3 Å². The van der Waals surface area contributed by atoms with Gasteiger partial charge in [0.15, 0.2) is 0 Å². The standard InChI is InChI=1S/C24H42O5S2/c1-17(2)30(18(3)4,15-21(25)19-10-8-7-9-11-19)29-31(27,28)16-24-13-12-20(14-22(24)26)23(24,5)6/h17-20H,7-16H2,1-6H3. The van der Waals surface area contributed by atoms with Crippen LogP contribution < -0.4 is 0 Å². The number of hydrogen-bond acceptors (Lipinski definition) is 5. The largest absolute Gasteiger partial charge is 0.299 e. The number of carbonyl (C=O) groups excluding carboxylic acids is 2. The summed E-state index contributed by atoms with van der Waals surface area (Å²) in [6.45, 7) is 12.0. The molecule has 0 aromatic rings. The summed E-state index contributed by atoms with van der Waals surface area (Å²) in [5, 5.41) is -0.119. The third-order valence-electron chi connectivity index (χ3n) is 8.82. The maximum absolute atomic E-state index is 13.5. The van der Waals surface area contributed by atoms with Crippen molar-refractivity contribution in [1.82, 2.24) is 0 Å². The van der Waals surface area contributed by atoms with Crippen LogP contribution in [0.4, 0.5) is 0 Å². The SMILES string of the molecule is CC(C)S(CC(=O)C1CCCCC1)(OS(=O)(=O)CC12CCC(CC1=O)C2(C)C)C(C)C. The van der Waals surface area contributed by atoms with Crippen molar-refractivity contribution in [3.8, 4) is 0 Å². The fourth-order valence-electron chi connectivity index (χ4n) is 6.45. The number of Topliss-reactive ketones (excluding diaryl/α,β-unsaturated/α-hetero) is 2. The predicted octanol–water partition coefficient (Wildman–Crippen LogP) is 5.41. The summed E-state index contributed by atoms with van der Waals surface area (Å²) in [6, 6.07) is 0. The zero-order valence-electron chi connectivity index (χ0n) is 20.2. The molecule has 2 unspecified atom stereocenters. The number of rotatable bonds is 9. The molecule has 7 heteroatoms. The minimum absolute atomic E-state index is 0.0361. The molecule has 3 rings (SSSR count). The highest BCUT2D eigenvalue weighted by Gasteiger charge is 2.65. The molecule has 3 saturated carbocycles. The highest BCUT2D eigenvalue weighted by Crippen LogP contribution is 2.65. The van der Waals surface area contributed by atoms with Crippen molar-refractivity contribution in [2.75, 3.05) is 11.5 Å². The van der Waals surface area contributed by atoms with Crippen LogP contribution in [0.15, 0.2) is 0 Å². The molecule has 0 aromatic heterocycles. The van der Waals surface area contributed by atoms with Gasteiger partial charge in [0.25, 0.3) is 10.1 Å². The molecule has 0 aromatic carbocycles. The van der Waals surface area contributed by atoms with Crippen LogP contribution in [0.5, 0.6) is 0 Å². The molecule has 5 nitrogen and oxygen atoms in total. The van der Waals surface area contributed by atoms with Crippen molar-refractivity contribution >= 4 is 32.0 Å². The van der Waals surface area contributed by atoms with Crippen molar-refractivity contribution in [1.29, 1.82) is 0 Å². The number of ketones is 2. The first-order valence-corrected chi connectivity index (χ1v) is 15.5. The minimum atomic E-state index is -3.97. The third kappa shape index (κ3) is 4.40. The van der Waals surface area contributed by atoms with E-state index >= 15 is 0 Å². The van der Waals surface area contributed by atoms with Gasteiger partial charge in [-0.05, 0) is 37.0 Å². The van der Waals surface area contributed by atoms with Crippen molar-refractivity contribution in [3.63, 3.8) is 0 Å². The molecule has 0 N–H and O–H groups in total. The summed E-state index contributed by atoms with van der Waals surface area (Å²) in [7, 11) is -6.18. The molecule has 0 saturated heterocycles. The van der Waals surface area contributed by atoms with Crippen LogP contribution in [0, 0.1) is 22.7 Å². The molecule has 3 aliphatic rings. The molecule has 0 amide bonds. The Labute approximate surface area is 191 Å². The van der Waals surface area contributed by atoms with Gasteiger partial charge in [-0.25, -0.2) is 3.63 Å².